The molecule has 0 saturated heterocycles. The number of anilines is 1. The summed E-state index contributed by atoms with van der Waals surface area (Å²) in [6.07, 6.45) is 2.42. The minimum Gasteiger partial charge on any atom is -0.399 e. The molecule has 0 unspecified atom stereocenters. The van der Waals surface area contributed by atoms with Crippen LogP contribution in [0, 0.1) is 0 Å². The monoisotopic (exact) mass is 305 g/mol. The molecule has 112 valence electrons. The van der Waals surface area contributed by atoms with Crippen LogP contribution in [-0.4, -0.2) is 15.6 Å². The van der Waals surface area contributed by atoms with Gasteiger partial charge in [-0.25, -0.2) is 0 Å². The largest absolute Gasteiger partial charge is 0.399 e. The molecule has 0 bridgehead atoms. The van der Waals surface area contributed by atoms with E-state index in [0.29, 0.717) is 22.9 Å². The van der Waals surface area contributed by atoms with Crippen molar-refractivity contribution in [2.45, 2.75) is 39.2 Å². The topological polar surface area (TPSA) is 60.9 Å². The van der Waals surface area contributed by atoms with Crippen molar-refractivity contribution < 1.29 is 4.79 Å². The van der Waals surface area contributed by atoms with Crippen molar-refractivity contribution in [1.29, 1.82) is 0 Å². The number of Topliss-reactive ketones (excluding diaryl/α,β-unsaturated/α-hetero) is 1. The fourth-order valence-electron chi connectivity index (χ4n) is 2.30. The van der Waals surface area contributed by atoms with E-state index in [2.05, 4.69) is 5.10 Å². The summed E-state index contributed by atoms with van der Waals surface area (Å²) in [6.45, 7) is 6.49. The number of carbonyl (C=O) groups is 1. The SMILES string of the molecule is CCCn1ncc(Cl)c1C(=O)C(C)(C)c1ccc(N)cc1. The molecule has 5 heteroatoms. The normalized spacial score (nSPS) is 11.6. The van der Waals surface area contributed by atoms with Crippen LogP contribution in [0.3, 0.4) is 0 Å². The maximum absolute atomic E-state index is 13.0. The lowest BCUT2D eigenvalue weighted by atomic mass is 9.79. The number of benzene rings is 1. The van der Waals surface area contributed by atoms with Crippen LogP contribution in [-0.2, 0) is 12.0 Å². The lowest BCUT2D eigenvalue weighted by Crippen LogP contribution is -2.31. The van der Waals surface area contributed by atoms with Crippen LogP contribution in [0.5, 0.6) is 0 Å². The number of halogens is 1. The highest BCUT2D eigenvalue weighted by atomic mass is 35.5. The standard InChI is InChI=1S/C16H20ClN3O/c1-4-9-20-14(13(17)10-19-20)15(21)16(2,3)11-5-7-12(18)8-6-11/h5-8,10H,4,9,18H2,1-3H3. The van der Waals surface area contributed by atoms with Crippen molar-refractivity contribution >= 4 is 23.1 Å². The molecular weight excluding hydrogens is 286 g/mol. The quantitative estimate of drug-likeness (QED) is 0.677. The lowest BCUT2D eigenvalue weighted by molar-refractivity contribution is 0.0897. The Bertz CT molecular complexity index is 644. The highest BCUT2D eigenvalue weighted by Gasteiger charge is 2.34. The molecule has 0 fully saturated rings. The zero-order valence-corrected chi connectivity index (χ0v) is 13.3. The molecule has 2 aromatic rings. The molecule has 0 spiro atoms. The van der Waals surface area contributed by atoms with Gasteiger partial charge in [0.1, 0.15) is 5.69 Å². The molecule has 2 rings (SSSR count). The van der Waals surface area contributed by atoms with Crippen molar-refractivity contribution in [3.05, 3.63) is 46.7 Å². The number of aromatic nitrogens is 2. The van der Waals surface area contributed by atoms with E-state index in [1.54, 1.807) is 16.8 Å². The number of hydrogen-bond acceptors (Lipinski definition) is 3. The Balaban J connectivity index is 2.42. The van der Waals surface area contributed by atoms with Crippen molar-refractivity contribution in [3.8, 4) is 0 Å². The summed E-state index contributed by atoms with van der Waals surface area (Å²) in [7, 11) is 0. The van der Waals surface area contributed by atoms with Crippen LogP contribution in [0.1, 0.15) is 43.2 Å². The molecule has 1 aromatic heterocycles. The Hall–Kier alpha value is -1.81. The van der Waals surface area contributed by atoms with E-state index < -0.39 is 5.41 Å². The van der Waals surface area contributed by atoms with Crippen LogP contribution in [0.4, 0.5) is 5.69 Å². The Labute approximate surface area is 129 Å². The Morgan fingerprint density at radius 2 is 1.95 bits per heavy atom. The summed E-state index contributed by atoms with van der Waals surface area (Å²) >= 11 is 6.17. The number of hydrogen-bond donors (Lipinski definition) is 1. The van der Waals surface area contributed by atoms with Gasteiger partial charge < -0.3 is 5.73 Å². The van der Waals surface area contributed by atoms with Gasteiger partial charge >= 0.3 is 0 Å². The molecule has 0 saturated carbocycles. The van der Waals surface area contributed by atoms with E-state index in [4.69, 9.17) is 17.3 Å². The molecule has 1 aromatic carbocycles. The van der Waals surface area contributed by atoms with Crippen LogP contribution < -0.4 is 5.73 Å². The van der Waals surface area contributed by atoms with Crippen LogP contribution in [0.15, 0.2) is 30.5 Å². The third-order valence-electron chi connectivity index (χ3n) is 3.65. The first-order valence-corrected chi connectivity index (χ1v) is 7.37. The maximum Gasteiger partial charge on any atom is 0.192 e. The van der Waals surface area contributed by atoms with Gasteiger partial charge in [0.2, 0.25) is 0 Å². The second-order valence-electron chi connectivity index (χ2n) is 5.64. The van der Waals surface area contributed by atoms with E-state index in [9.17, 15) is 4.79 Å². The number of ketones is 1. The first-order valence-electron chi connectivity index (χ1n) is 7.00. The molecule has 4 nitrogen and oxygen atoms in total. The van der Waals surface area contributed by atoms with E-state index in [1.807, 2.05) is 32.9 Å². The van der Waals surface area contributed by atoms with E-state index >= 15 is 0 Å². The fourth-order valence-corrected chi connectivity index (χ4v) is 2.52. The molecular formula is C16H20ClN3O. The number of nitrogens with two attached hydrogens (primary N) is 1. The number of nitrogens with zero attached hydrogens (tertiary/aromatic N) is 2. The zero-order chi connectivity index (χ0) is 15.6. The third-order valence-corrected chi connectivity index (χ3v) is 3.92. The second kappa shape index (κ2) is 5.90. The average molecular weight is 306 g/mol. The Morgan fingerprint density at radius 1 is 1.33 bits per heavy atom. The summed E-state index contributed by atoms with van der Waals surface area (Å²) in [5, 5.41) is 4.59. The maximum atomic E-state index is 13.0. The molecule has 0 aliphatic carbocycles. The highest BCUT2D eigenvalue weighted by Crippen LogP contribution is 2.31. The van der Waals surface area contributed by atoms with Crippen molar-refractivity contribution in [3.63, 3.8) is 0 Å². The van der Waals surface area contributed by atoms with E-state index in [0.717, 1.165) is 12.0 Å². The third kappa shape index (κ3) is 2.95. The lowest BCUT2D eigenvalue weighted by Gasteiger charge is -2.24. The van der Waals surface area contributed by atoms with Gasteiger partial charge in [-0.3, -0.25) is 9.48 Å². The number of rotatable bonds is 5. The van der Waals surface area contributed by atoms with Crippen LogP contribution >= 0.6 is 11.6 Å². The van der Waals surface area contributed by atoms with Crippen LogP contribution in [0.25, 0.3) is 0 Å². The van der Waals surface area contributed by atoms with Gasteiger partial charge in [-0.1, -0.05) is 30.7 Å². The minimum absolute atomic E-state index is 0.0387. The number of nitrogen functional groups attached to an aromatic ring is 1. The van der Waals surface area contributed by atoms with Crippen molar-refractivity contribution in [2.24, 2.45) is 0 Å². The van der Waals surface area contributed by atoms with Gasteiger partial charge in [0.25, 0.3) is 0 Å². The molecule has 0 aliphatic heterocycles. The van der Waals surface area contributed by atoms with Gasteiger partial charge in [-0.2, -0.15) is 5.10 Å². The summed E-state index contributed by atoms with van der Waals surface area (Å²) < 4.78 is 1.68. The molecule has 0 aliphatic rings. The zero-order valence-electron chi connectivity index (χ0n) is 12.6. The van der Waals surface area contributed by atoms with Gasteiger partial charge in [-0.05, 0) is 38.0 Å². The minimum atomic E-state index is -0.692. The Kier molecular flexibility index (Phi) is 4.37. The predicted octanol–water partition coefficient (Wildman–Crippen LogP) is 3.69. The second-order valence-corrected chi connectivity index (χ2v) is 6.05. The van der Waals surface area contributed by atoms with Crippen molar-refractivity contribution in [2.75, 3.05) is 5.73 Å². The first-order chi connectivity index (χ1) is 9.87. The summed E-state index contributed by atoms with van der Waals surface area (Å²) in [4.78, 5) is 13.0. The van der Waals surface area contributed by atoms with E-state index in [1.165, 1.54) is 6.20 Å². The molecule has 2 N–H and O–H groups in total. The Morgan fingerprint density at radius 3 is 2.52 bits per heavy atom. The smallest absolute Gasteiger partial charge is 0.192 e. The highest BCUT2D eigenvalue weighted by molar-refractivity contribution is 6.34. The summed E-state index contributed by atoms with van der Waals surface area (Å²) in [5.74, 6) is -0.0387. The van der Waals surface area contributed by atoms with Gasteiger partial charge in [0, 0.05) is 12.2 Å². The fraction of sp³-hybridized carbons (Fsp3) is 0.375. The van der Waals surface area contributed by atoms with Gasteiger partial charge in [0.15, 0.2) is 5.78 Å². The summed E-state index contributed by atoms with van der Waals surface area (Å²) in [6, 6.07) is 7.36. The molecule has 21 heavy (non-hydrogen) atoms. The molecule has 0 amide bonds. The molecule has 0 atom stereocenters. The van der Waals surface area contributed by atoms with Gasteiger partial charge in [0.05, 0.1) is 16.6 Å². The van der Waals surface area contributed by atoms with E-state index in [-0.39, 0.29) is 5.78 Å². The first kappa shape index (κ1) is 15.6. The molecule has 0 radical (unpaired) electrons. The summed E-state index contributed by atoms with van der Waals surface area (Å²) in [5.41, 5.74) is 7.07. The van der Waals surface area contributed by atoms with Crippen LogP contribution in [0.2, 0.25) is 5.02 Å². The molecule has 1 heterocycles. The number of carbonyl (C=O) groups excluding carboxylic acids is 1. The average Bonchev–Trinajstić information content (AvgIpc) is 2.80. The van der Waals surface area contributed by atoms with Crippen molar-refractivity contribution in [1.82, 2.24) is 9.78 Å². The van der Waals surface area contributed by atoms with Gasteiger partial charge in [-0.15, -0.1) is 0 Å². The number of aryl methyl sites for hydroxylation is 1. The predicted molar refractivity (Wildman–Crippen MR) is 85.7 cm³/mol.